The highest BCUT2D eigenvalue weighted by atomic mass is 16.5. The van der Waals surface area contributed by atoms with Crippen LogP contribution in [0.15, 0.2) is 48.7 Å². The number of phenols is 2. The molecule has 0 amide bonds. The van der Waals surface area contributed by atoms with Crippen molar-refractivity contribution >= 4 is 5.69 Å². The highest BCUT2D eigenvalue weighted by molar-refractivity contribution is 5.79. The lowest BCUT2D eigenvalue weighted by Gasteiger charge is -2.20. The number of hydrogen-bond donors (Lipinski definition) is 3. The number of benzene rings is 2. The Kier molecular flexibility index (Phi) is 3.53. The van der Waals surface area contributed by atoms with Crippen LogP contribution >= 0.6 is 0 Å². The van der Waals surface area contributed by atoms with Gasteiger partial charge in [-0.2, -0.15) is 4.98 Å². The van der Waals surface area contributed by atoms with Gasteiger partial charge in [0.05, 0.1) is 18.9 Å². The van der Waals surface area contributed by atoms with Crippen LogP contribution in [0, 0.1) is 0 Å². The molecule has 1 aliphatic rings. The van der Waals surface area contributed by atoms with Gasteiger partial charge in [0.15, 0.2) is 0 Å². The number of hydrogen-bond acceptors (Lipinski definition) is 7. The minimum absolute atomic E-state index is 0.0304. The second-order valence-electron chi connectivity index (χ2n) is 5.50. The Labute approximate surface area is 143 Å². The number of rotatable bonds is 2. The van der Waals surface area contributed by atoms with Crippen molar-refractivity contribution in [3.63, 3.8) is 0 Å². The molecule has 0 saturated carbocycles. The Balaban J connectivity index is 1.87. The molecule has 4 rings (SSSR count). The zero-order valence-electron chi connectivity index (χ0n) is 13.3. The molecule has 0 fully saturated rings. The molecular formula is C18H15N3O4. The van der Waals surface area contributed by atoms with Crippen molar-refractivity contribution in [2.45, 2.75) is 6.23 Å². The van der Waals surface area contributed by atoms with E-state index in [-0.39, 0.29) is 17.4 Å². The molecular weight excluding hydrogens is 322 g/mol. The Hall–Kier alpha value is -3.48. The van der Waals surface area contributed by atoms with E-state index in [1.54, 1.807) is 6.07 Å². The van der Waals surface area contributed by atoms with Crippen molar-refractivity contribution in [3.05, 3.63) is 54.2 Å². The molecule has 1 unspecified atom stereocenters. The number of anilines is 1. The van der Waals surface area contributed by atoms with E-state index >= 15 is 0 Å². The van der Waals surface area contributed by atoms with Crippen LogP contribution in [0.25, 0.3) is 11.3 Å². The van der Waals surface area contributed by atoms with Crippen LogP contribution in [0.3, 0.4) is 0 Å². The number of ether oxygens (including phenoxy) is 2. The number of phenolic OH excluding ortho intramolecular Hbond substituents is 2. The highest BCUT2D eigenvalue weighted by Gasteiger charge is 2.27. The fraction of sp³-hybridized carbons (Fsp3) is 0.111. The molecule has 1 aliphatic heterocycles. The summed E-state index contributed by atoms with van der Waals surface area (Å²) in [5.41, 5.74) is 2.65. The van der Waals surface area contributed by atoms with Gasteiger partial charge in [-0.1, -0.05) is 18.2 Å². The van der Waals surface area contributed by atoms with Crippen LogP contribution in [0.4, 0.5) is 5.69 Å². The molecule has 0 bridgehead atoms. The molecule has 25 heavy (non-hydrogen) atoms. The third kappa shape index (κ3) is 2.65. The molecule has 2 heterocycles. The summed E-state index contributed by atoms with van der Waals surface area (Å²) in [6.07, 6.45) is 0.807. The van der Waals surface area contributed by atoms with Gasteiger partial charge >= 0.3 is 0 Å². The third-order valence-corrected chi connectivity index (χ3v) is 3.92. The van der Waals surface area contributed by atoms with Gasteiger partial charge in [-0.15, -0.1) is 0 Å². The van der Waals surface area contributed by atoms with E-state index in [9.17, 15) is 10.2 Å². The average molecular weight is 337 g/mol. The van der Waals surface area contributed by atoms with E-state index in [2.05, 4.69) is 15.3 Å². The summed E-state index contributed by atoms with van der Waals surface area (Å²) < 4.78 is 11.1. The van der Waals surface area contributed by atoms with Crippen molar-refractivity contribution in [1.82, 2.24) is 9.97 Å². The predicted molar refractivity (Wildman–Crippen MR) is 90.8 cm³/mol. The fourth-order valence-corrected chi connectivity index (χ4v) is 2.71. The smallest absolute Gasteiger partial charge is 0.246 e. The fourth-order valence-electron chi connectivity index (χ4n) is 2.71. The zero-order valence-corrected chi connectivity index (χ0v) is 13.3. The molecule has 2 aromatic carbocycles. The first kappa shape index (κ1) is 15.1. The van der Waals surface area contributed by atoms with Crippen LogP contribution < -0.4 is 14.8 Å². The van der Waals surface area contributed by atoms with Gasteiger partial charge in [-0.25, -0.2) is 4.98 Å². The van der Waals surface area contributed by atoms with Crippen LogP contribution in [-0.4, -0.2) is 27.3 Å². The van der Waals surface area contributed by atoms with Gasteiger partial charge in [0.1, 0.15) is 17.2 Å². The van der Waals surface area contributed by atoms with Gasteiger partial charge in [0.2, 0.25) is 18.0 Å². The zero-order chi connectivity index (χ0) is 17.4. The maximum atomic E-state index is 10.2. The summed E-state index contributed by atoms with van der Waals surface area (Å²) in [4.78, 5) is 8.74. The van der Waals surface area contributed by atoms with Gasteiger partial charge < -0.3 is 25.0 Å². The Morgan fingerprint density at radius 1 is 1.16 bits per heavy atom. The lowest BCUT2D eigenvalue weighted by Crippen LogP contribution is -2.17. The summed E-state index contributed by atoms with van der Waals surface area (Å²) in [5.74, 6) is 0.493. The average Bonchev–Trinajstić information content (AvgIpc) is 2.77. The maximum absolute atomic E-state index is 10.2. The van der Waals surface area contributed by atoms with Gasteiger partial charge in [0, 0.05) is 17.3 Å². The highest BCUT2D eigenvalue weighted by Crippen LogP contribution is 2.41. The quantitative estimate of drug-likeness (QED) is 0.661. The van der Waals surface area contributed by atoms with E-state index in [1.807, 2.05) is 24.3 Å². The SMILES string of the molecule is COc1cnc2c(n1)OC(c1ccc(O)cc1O)Nc1ccccc1-2. The first-order valence-corrected chi connectivity index (χ1v) is 7.61. The molecule has 0 radical (unpaired) electrons. The number of nitrogens with one attached hydrogen (secondary N) is 1. The normalized spacial score (nSPS) is 15.2. The number of para-hydroxylation sites is 1. The van der Waals surface area contributed by atoms with Crippen molar-refractivity contribution in [3.8, 4) is 34.5 Å². The summed E-state index contributed by atoms with van der Waals surface area (Å²) in [5, 5.41) is 22.9. The second kappa shape index (κ2) is 5.86. The predicted octanol–water partition coefficient (Wildman–Crippen LogP) is 3.07. The van der Waals surface area contributed by atoms with E-state index in [0.29, 0.717) is 17.1 Å². The van der Waals surface area contributed by atoms with Gasteiger partial charge in [0.25, 0.3) is 0 Å². The van der Waals surface area contributed by atoms with Crippen molar-refractivity contribution in [2.75, 3.05) is 12.4 Å². The number of methoxy groups -OCH3 is 1. The minimum atomic E-state index is -0.718. The third-order valence-electron chi connectivity index (χ3n) is 3.92. The Bertz CT molecular complexity index is 945. The molecule has 0 aliphatic carbocycles. The monoisotopic (exact) mass is 337 g/mol. The molecule has 0 saturated heterocycles. The Morgan fingerprint density at radius 2 is 2.00 bits per heavy atom. The van der Waals surface area contributed by atoms with Crippen LogP contribution in [0.1, 0.15) is 11.8 Å². The largest absolute Gasteiger partial charge is 0.508 e. The van der Waals surface area contributed by atoms with Crippen molar-refractivity contribution in [1.29, 1.82) is 0 Å². The van der Waals surface area contributed by atoms with E-state index < -0.39 is 6.23 Å². The molecule has 0 spiro atoms. The standard InChI is InChI=1S/C18H15N3O4/c1-24-15-9-19-16-11-4-2-3-5-13(11)20-17(25-18(16)21-15)12-7-6-10(22)8-14(12)23/h2-9,17,20,22-23H,1H3. The van der Waals surface area contributed by atoms with E-state index in [4.69, 9.17) is 9.47 Å². The van der Waals surface area contributed by atoms with Gasteiger partial charge in [-0.05, 0) is 18.2 Å². The molecule has 7 nitrogen and oxygen atoms in total. The van der Waals surface area contributed by atoms with Crippen LogP contribution in [-0.2, 0) is 0 Å². The van der Waals surface area contributed by atoms with Crippen LogP contribution in [0.5, 0.6) is 23.3 Å². The van der Waals surface area contributed by atoms with Crippen molar-refractivity contribution in [2.24, 2.45) is 0 Å². The topological polar surface area (TPSA) is 96.7 Å². The maximum Gasteiger partial charge on any atom is 0.246 e. The first-order valence-electron chi connectivity index (χ1n) is 7.61. The molecule has 3 N–H and O–H groups in total. The van der Waals surface area contributed by atoms with Gasteiger partial charge in [-0.3, -0.25) is 0 Å². The molecule has 7 heteroatoms. The molecule has 1 aromatic heterocycles. The molecule has 3 aromatic rings. The lowest BCUT2D eigenvalue weighted by molar-refractivity contribution is 0.220. The van der Waals surface area contributed by atoms with E-state index in [0.717, 1.165) is 11.3 Å². The van der Waals surface area contributed by atoms with Crippen LogP contribution in [0.2, 0.25) is 0 Å². The summed E-state index contributed by atoms with van der Waals surface area (Å²) in [6, 6.07) is 11.9. The lowest BCUT2D eigenvalue weighted by atomic mass is 10.1. The Morgan fingerprint density at radius 3 is 2.80 bits per heavy atom. The number of fused-ring (bicyclic) bond motifs is 3. The second-order valence-corrected chi connectivity index (χ2v) is 5.50. The minimum Gasteiger partial charge on any atom is -0.508 e. The summed E-state index contributed by atoms with van der Waals surface area (Å²) in [6.45, 7) is 0. The van der Waals surface area contributed by atoms with Crippen molar-refractivity contribution < 1.29 is 19.7 Å². The first-order chi connectivity index (χ1) is 12.2. The number of aromatic nitrogens is 2. The molecule has 1 atom stereocenters. The molecule has 126 valence electrons. The summed E-state index contributed by atoms with van der Waals surface area (Å²) in [7, 11) is 1.50. The summed E-state index contributed by atoms with van der Waals surface area (Å²) >= 11 is 0. The number of nitrogens with zero attached hydrogens (tertiary/aromatic N) is 2. The van der Waals surface area contributed by atoms with E-state index in [1.165, 1.54) is 25.4 Å². The number of aromatic hydroxyl groups is 2.